The molecule has 6 heteroatoms. The molecule has 1 unspecified atom stereocenters. The fourth-order valence-corrected chi connectivity index (χ4v) is 2.07. The summed E-state index contributed by atoms with van der Waals surface area (Å²) in [6.45, 7) is 6.88. The normalized spacial score (nSPS) is 13.4. The van der Waals surface area contributed by atoms with Crippen LogP contribution in [0, 0.1) is 0 Å². The van der Waals surface area contributed by atoms with Crippen molar-refractivity contribution in [2.45, 2.75) is 58.5 Å². The maximum Gasteiger partial charge on any atom is 0.323 e. The van der Waals surface area contributed by atoms with Gasteiger partial charge in [0, 0.05) is 0 Å². The van der Waals surface area contributed by atoms with Gasteiger partial charge in [-0.2, -0.15) is 0 Å². The van der Waals surface area contributed by atoms with Crippen LogP contribution in [0.3, 0.4) is 0 Å². The van der Waals surface area contributed by atoms with Crippen LogP contribution in [0.1, 0.15) is 50.8 Å². The second kappa shape index (κ2) is 10.6. The molecule has 0 heterocycles. The molecule has 0 bridgehead atoms. The Hall–Kier alpha value is -2.18. The molecule has 0 aliphatic heterocycles. The van der Waals surface area contributed by atoms with Crippen LogP contribution in [0.25, 0.3) is 6.08 Å². The first kappa shape index (κ1) is 22.8. The fourth-order valence-electron chi connectivity index (χ4n) is 2.07. The zero-order chi connectivity index (χ0) is 19.6. The van der Waals surface area contributed by atoms with E-state index >= 15 is 0 Å². The van der Waals surface area contributed by atoms with Gasteiger partial charge in [0.15, 0.2) is 0 Å². The highest BCUT2D eigenvalue weighted by Gasteiger charge is 2.19. The number of carboxylic acid groups (broad SMARTS) is 2. The van der Waals surface area contributed by atoms with Gasteiger partial charge in [0.1, 0.15) is 11.6 Å². The summed E-state index contributed by atoms with van der Waals surface area (Å²) < 4.78 is 0. The van der Waals surface area contributed by atoms with Gasteiger partial charge in [-0.3, -0.25) is 9.59 Å². The van der Waals surface area contributed by atoms with Gasteiger partial charge in [0.2, 0.25) is 0 Å². The highest BCUT2D eigenvalue weighted by atomic mass is 16.4. The van der Waals surface area contributed by atoms with Crippen LogP contribution < -0.4 is 11.5 Å². The number of benzene rings is 1. The van der Waals surface area contributed by atoms with E-state index in [2.05, 4.69) is 18.2 Å². The smallest absolute Gasteiger partial charge is 0.323 e. The van der Waals surface area contributed by atoms with Gasteiger partial charge < -0.3 is 21.7 Å². The second-order valence-corrected chi connectivity index (χ2v) is 6.10. The summed E-state index contributed by atoms with van der Waals surface area (Å²) in [5.41, 5.74) is 13.1. The van der Waals surface area contributed by atoms with Crippen LogP contribution in [-0.4, -0.2) is 33.7 Å². The number of aliphatic carboxylic acids is 2. The quantitative estimate of drug-likeness (QED) is 0.660. The van der Waals surface area contributed by atoms with E-state index < -0.39 is 23.5 Å². The molecule has 0 spiro atoms. The molecule has 0 fully saturated rings. The first-order valence-electron chi connectivity index (χ1n) is 8.41. The zero-order valence-electron chi connectivity index (χ0n) is 15.5. The van der Waals surface area contributed by atoms with Gasteiger partial charge in [-0.15, -0.1) is 0 Å². The van der Waals surface area contributed by atoms with Crippen molar-refractivity contribution < 1.29 is 19.8 Å². The van der Waals surface area contributed by atoms with E-state index in [9.17, 15) is 9.59 Å². The molecule has 0 radical (unpaired) electrons. The van der Waals surface area contributed by atoms with Crippen molar-refractivity contribution in [3.8, 4) is 0 Å². The minimum Gasteiger partial charge on any atom is -0.480 e. The van der Waals surface area contributed by atoms with Gasteiger partial charge in [-0.05, 0) is 49.8 Å². The molecule has 0 saturated carbocycles. The molecule has 1 atom stereocenters. The van der Waals surface area contributed by atoms with Crippen LogP contribution in [0.5, 0.6) is 0 Å². The molecule has 6 nitrogen and oxygen atoms in total. The Balaban J connectivity index is 0.000000544. The zero-order valence-corrected chi connectivity index (χ0v) is 15.5. The number of carboxylic acids is 2. The number of fused-ring (bicyclic) bond motifs is 1. The van der Waals surface area contributed by atoms with Crippen molar-refractivity contribution in [3.63, 3.8) is 0 Å². The summed E-state index contributed by atoms with van der Waals surface area (Å²) in [6, 6.07) is 5.18. The van der Waals surface area contributed by atoms with E-state index in [1.165, 1.54) is 25.0 Å². The Bertz CT molecular complexity index is 604. The van der Waals surface area contributed by atoms with Crippen molar-refractivity contribution in [2.75, 3.05) is 0 Å². The maximum atomic E-state index is 10.7. The van der Waals surface area contributed by atoms with Crippen molar-refractivity contribution in [3.05, 3.63) is 41.0 Å². The van der Waals surface area contributed by atoms with E-state index in [0.717, 1.165) is 18.4 Å². The summed E-state index contributed by atoms with van der Waals surface area (Å²) in [5.74, 6) is -1.92. The predicted molar refractivity (Wildman–Crippen MR) is 100 cm³/mol. The van der Waals surface area contributed by atoms with Crippen LogP contribution in [0.15, 0.2) is 24.3 Å². The van der Waals surface area contributed by atoms with Gasteiger partial charge >= 0.3 is 11.9 Å². The predicted octanol–water partition coefficient (Wildman–Crippen LogP) is 2.43. The molecule has 6 N–H and O–H groups in total. The minimum atomic E-state index is -1.08. The Kier molecular flexibility index (Phi) is 9.71. The maximum absolute atomic E-state index is 10.7. The molecule has 1 aromatic rings. The lowest BCUT2D eigenvalue weighted by atomic mass is 9.90. The molecule has 0 saturated heterocycles. The molecule has 25 heavy (non-hydrogen) atoms. The first-order chi connectivity index (χ1) is 11.6. The van der Waals surface area contributed by atoms with Crippen LogP contribution in [0.4, 0.5) is 0 Å². The van der Waals surface area contributed by atoms with Gasteiger partial charge in [-0.1, -0.05) is 44.2 Å². The Labute approximate surface area is 149 Å². The summed E-state index contributed by atoms with van der Waals surface area (Å²) >= 11 is 0. The third-order valence-electron chi connectivity index (χ3n) is 3.48. The number of hydrogen-bond acceptors (Lipinski definition) is 4. The van der Waals surface area contributed by atoms with Crippen LogP contribution in [-0.2, 0) is 22.4 Å². The summed E-state index contributed by atoms with van der Waals surface area (Å²) in [6.07, 6.45) is 6.64. The van der Waals surface area contributed by atoms with Crippen molar-refractivity contribution in [2.24, 2.45) is 11.5 Å². The molecule has 140 valence electrons. The average Bonchev–Trinajstić information content (AvgIpc) is 2.56. The Morgan fingerprint density at radius 1 is 1.24 bits per heavy atom. The second-order valence-electron chi connectivity index (χ2n) is 6.10. The largest absolute Gasteiger partial charge is 0.480 e. The molecule has 1 aliphatic rings. The average molecular weight is 350 g/mol. The molecular weight excluding hydrogens is 320 g/mol. The highest BCUT2D eigenvalue weighted by Crippen LogP contribution is 2.23. The van der Waals surface area contributed by atoms with Crippen molar-refractivity contribution in [1.82, 2.24) is 0 Å². The monoisotopic (exact) mass is 350 g/mol. The molecule has 1 aromatic carbocycles. The van der Waals surface area contributed by atoms with Gasteiger partial charge in [-0.25, -0.2) is 0 Å². The molecule has 0 amide bonds. The Morgan fingerprint density at radius 2 is 1.80 bits per heavy atom. The summed E-state index contributed by atoms with van der Waals surface area (Å²) in [5, 5.41) is 16.9. The van der Waals surface area contributed by atoms with Crippen molar-refractivity contribution in [1.29, 1.82) is 0 Å². The number of rotatable bonds is 4. The lowest BCUT2D eigenvalue weighted by molar-refractivity contribution is -0.142. The van der Waals surface area contributed by atoms with Crippen molar-refractivity contribution >= 4 is 18.0 Å². The Morgan fingerprint density at radius 3 is 2.28 bits per heavy atom. The lowest BCUT2D eigenvalue weighted by Crippen LogP contribution is -2.41. The highest BCUT2D eigenvalue weighted by molar-refractivity contribution is 5.77. The van der Waals surface area contributed by atoms with E-state index in [1.807, 2.05) is 26.0 Å². The SMILES string of the molecule is CC.CC(C)(N)C(=O)O.NC(Cc1cccc2c1CCC=C2)C(=O)O. The van der Waals surface area contributed by atoms with Crippen LogP contribution >= 0.6 is 0 Å². The fraction of sp³-hybridized carbons (Fsp3) is 0.474. The number of carbonyl (C=O) groups is 2. The van der Waals surface area contributed by atoms with E-state index in [1.54, 1.807) is 0 Å². The van der Waals surface area contributed by atoms with E-state index in [-0.39, 0.29) is 0 Å². The first-order valence-corrected chi connectivity index (χ1v) is 8.41. The summed E-state index contributed by atoms with van der Waals surface area (Å²) in [7, 11) is 0. The molecule has 2 rings (SSSR count). The van der Waals surface area contributed by atoms with Crippen LogP contribution in [0.2, 0.25) is 0 Å². The number of allylic oxidation sites excluding steroid dienone is 1. The number of hydrogen-bond donors (Lipinski definition) is 4. The topological polar surface area (TPSA) is 127 Å². The summed E-state index contributed by atoms with van der Waals surface area (Å²) in [4.78, 5) is 20.6. The molecule has 0 aromatic heterocycles. The van der Waals surface area contributed by atoms with E-state index in [4.69, 9.17) is 21.7 Å². The lowest BCUT2D eigenvalue weighted by Gasteiger charge is -2.16. The van der Waals surface area contributed by atoms with Gasteiger partial charge in [0.05, 0.1) is 0 Å². The molecular formula is C19H30N2O4. The van der Waals surface area contributed by atoms with E-state index in [0.29, 0.717) is 6.42 Å². The third-order valence-corrected chi connectivity index (χ3v) is 3.48. The van der Waals surface area contributed by atoms with Gasteiger partial charge in [0.25, 0.3) is 0 Å². The number of nitrogens with two attached hydrogens (primary N) is 2. The molecule has 1 aliphatic carbocycles. The standard InChI is InChI=1S/C13H15NO2.C4H9NO2.C2H6/c14-12(13(15)16)8-10-6-3-5-9-4-1-2-7-11(9)10;1-4(2,5)3(6)7;1-2/h1,3-6,12H,2,7-8,14H2,(H,15,16);5H2,1-2H3,(H,6,7);1-2H3. The third kappa shape index (κ3) is 7.96. The minimum absolute atomic E-state index is 0.409.